The number of hydroxylamine groups is 1. The van der Waals surface area contributed by atoms with Gasteiger partial charge in [0.15, 0.2) is 11.4 Å². The van der Waals surface area contributed by atoms with Crippen LogP contribution in [0.3, 0.4) is 0 Å². The standard InChI is InChI=1S/C28H34N4O5/c1-19-26(35)25(27(36)31-37-20(2)34)30-24(29-19)18-21-10-15-32(16-11-21)28(14-17-33)12-8-23(9-13-28)22-6-4-3-5-7-22/h3-9,12,21,33,35H,10-11,13-18H2,1-2H3,(H,31,36). The molecular weight excluding hydrogens is 472 g/mol. The van der Waals surface area contributed by atoms with Crippen molar-refractivity contribution in [2.45, 2.75) is 51.5 Å². The van der Waals surface area contributed by atoms with Crippen LogP contribution in [0.5, 0.6) is 5.75 Å². The second kappa shape index (κ2) is 11.7. The van der Waals surface area contributed by atoms with Gasteiger partial charge in [-0.2, -0.15) is 5.48 Å². The summed E-state index contributed by atoms with van der Waals surface area (Å²) in [6.07, 6.45) is 10.6. The summed E-state index contributed by atoms with van der Waals surface area (Å²) in [6.45, 7) is 4.64. The Morgan fingerprint density at radius 1 is 1.19 bits per heavy atom. The average Bonchev–Trinajstić information content (AvgIpc) is 2.90. The van der Waals surface area contributed by atoms with E-state index in [9.17, 15) is 19.8 Å². The van der Waals surface area contributed by atoms with Gasteiger partial charge in [0.05, 0.1) is 5.69 Å². The summed E-state index contributed by atoms with van der Waals surface area (Å²) in [6, 6.07) is 10.3. The van der Waals surface area contributed by atoms with Gasteiger partial charge in [-0.25, -0.2) is 9.97 Å². The molecule has 1 atom stereocenters. The van der Waals surface area contributed by atoms with Gasteiger partial charge in [0.25, 0.3) is 0 Å². The highest BCUT2D eigenvalue weighted by atomic mass is 16.7. The number of hydrogen-bond donors (Lipinski definition) is 3. The van der Waals surface area contributed by atoms with Crippen LogP contribution in [0.25, 0.3) is 5.57 Å². The molecule has 1 aromatic carbocycles. The van der Waals surface area contributed by atoms with Crippen molar-refractivity contribution in [1.29, 1.82) is 0 Å². The molecule has 0 spiro atoms. The van der Waals surface area contributed by atoms with Crippen molar-refractivity contribution in [2.24, 2.45) is 5.92 Å². The maximum Gasteiger partial charge on any atom is 0.329 e. The Morgan fingerprint density at radius 3 is 2.54 bits per heavy atom. The average molecular weight is 507 g/mol. The first kappa shape index (κ1) is 26.5. The van der Waals surface area contributed by atoms with E-state index in [-0.39, 0.29) is 23.6 Å². The summed E-state index contributed by atoms with van der Waals surface area (Å²) >= 11 is 0. The molecule has 4 rings (SSSR count). The minimum absolute atomic E-state index is 0.123. The number of aryl methyl sites for hydroxylation is 1. The van der Waals surface area contributed by atoms with Crippen LogP contribution >= 0.6 is 0 Å². The smallest absolute Gasteiger partial charge is 0.329 e. The number of piperidine rings is 1. The van der Waals surface area contributed by atoms with Crippen LogP contribution in [-0.4, -0.2) is 62.2 Å². The number of amides is 1. The molecule has 1 saturated heterocycles. The van der Waals surface area contributed by atoms with Crippen LogP contribution in [0.4, 0.5) is 0 Å². The van der Waals surface area contributed by atoms with Gasteiger partial charge in [-0.05, 0) is 62.8 Å². The molecule has 0 saturated carbocycles. The molecule has 1 aliphatic heterocycles. The number of nitrogens with one attached hydrogen (secondary N) is 1. The molecule has 1 amide bonds. The first-order valence-corrected chi connectivity index (χ1v) is 12.7. The van der Waals surface area contributed by atoms with Crippen molar-refractivity contribution < 1.29 is 24.6 Å². The number of aliphatic hydroxyl groups is 1. The molecule has 0 radical (unpaired) electrons. The Balaban J connectivity index is 1.40. The molecule has 1 fully saturated rings. The molecular formula is C28H34N4O5. The quantitative estimate of drug-likeness (QED) is 0.489. The molecule has 196 valence electrons. The Bertz CT molecular complexity index is 1190. The van der Waals surface area contributed by atoms with Crippen molar-refractivity contribution in [2.75, 3.05) is 19.7 Å². The molecule has 1 unspecified atom stereocenters. The minimum Gasteiger partial charge on any atom is -0.504 e. The lowest BCUT2D eigenvalue weighted by atomic mass is 9.80. The Hall–Kier alpha value is -3.56. The van der Waals surface area contributed by atoms with Crippen molar-refractivity contribution in [3.63, 3.8) is 0 Å². The summed E-state index contributed by atoms with van der Waals surface area (Å²) in [4.78, 5) is 38.9. The van der Waals surface area contributed by atoms with Gasteiger partial charge in [-0.1, -0.05) is 48.6 Å². The Morgan fingerprint density at radius 2 is 1.92 bits per heavy atom. The molecule has 3 N–H and O–H groups in total. The van der Waals surface area contributed by atoms with Gasteiger partial charge < -0.3 is 15.1 Å². The third kappa shape index (κ3) is 6.23. The fourth-order valence-electron chi connectivity index (χ4n) is 5.17. The molecule has 9 heteroatoms. The largest absolute Gasteiger partial charge is 0.504 e. The highest BCUT2D eigenvalue weighted by molar-refractivity contribution is 5.95. The molecule has 2 aliphatic rings. The van der Waals surface area contributed by atoms with Crippen molar-refractivity contribution in [3.8, 4) is 5.75 Å². The first-order chi connectivity index (χ1) is 17.8. The molecule has 1 aliphatic carbocycles. The second-order valence-electron chi connectivity index (χ2n) is 9.72. The number of likely N-dealkylation sites (tertiary alicyclic amines) is 1. The van der Waals surface area contributed by atoms with Gasteiger partial charge in [0.1, 0.15) is 5.82 Å². The summed E-state index contributed by atoms with van der Waals surface area (Å²) < 4.78 is 0. The van der Waals surface area contributed by atoms with Crippen LogP contribution in [0.2, 0.25) is 0 Å². The summed E-state index contributed by atoms with van der Waals surface area (Å²) in [5, 5.41) is 20.1. The van der Waals surface area contributed by atoms with Gasteiger partial charge in [-0.15, -0.1) is 0 Å². The molecule has 0 bridgehead atoms. The Labute approximate surface area is 216 Å². The highest BCUT2D eigenvalue weighted by Crippen LogP contribution is 2.37. The minimum atomic E-state index is -0.799. The van der Waals surface area contributed by atoms with E-state index in [1.54, 1.807) is 6.92 Å². The number of benzene rings is 1. The molecule has 1 aromatic heterocycles. The maximum atomic E-state index is 12.3. The predicted octanol–water partition coefficient (Wildman–Crippen LogP) is 3.12. The third-order valence-electron chi connectivity index (χ3n) is 7.22. The van der Waals surface area contributed by atoms with Crippen LogP contribution < -0.4 is 5.48 Å². The SMILES string of the molecule is CC(=O)ONC(=O)c1nc(CC2CCN(C3(CCO)C=CC(c4ccccc4)=CC3)CC2)nc(C)c1O. The third-order valence-corrected chi connectivity index (χ3v) is 7.22. The lowest BCUT2D eigenvalue weighted by Crippen LogP contribution is -2.52. The number of allylic oxidation sites excluding steroid dienone is 2. The van der Waals surface area contributed by atoms with E-state index in [4.69, 9.17) is 0 Å². The van der Waals surface area contributed by atoms with Crippen LogP contribution in [-0.2, 0) is 16.1 Å². The maximum absolute atomic E-state index is 12.3. The predicted molar refractivity (Wildman–Crippen MR) is 138 cm³/mol. The number of carbonyl (C=O) groups excluding carboxylic acids is 2. The molecule has 9 nitrogen and oxygen atoms in total. The zero-order chi connectivity index (χ0) is 26.4. The second-order valence-corrected chi connectivity index (χ2v) is 9.72. The van der Waals surface area contributed by atoms with Gasteiger partial charge in [-0.3, -0.25) is 14.5 Å². The monoisotopic (exact) mass is 506 g/mol. The summed E-state index contributed by atoms with van der Waals surface area (Å²) in [7, 11) is 0. The number of carbonyl (C=O) groups is 2. The summed E-state index contributed by atoms with van der Waals surface area (Å²) in [5.74, 6) is -1.02. The number of aliphatic hydroxyl groups excluding tert-OH is 1. The van der Waals surface area contributed by atoms with E-state index < -0.39 is 11.9 Å². The lowest BCUT2D eigenvalue weighted by Gasteiger charge is -2.46. The topological polar surface area (TPSA) is 125 Å². The molecule has 2 aromatic rings. The molecule has 2 heterocycles. The van der Waals surface area contributed by atoms with E-state index in [1.165, 1.54) is 11.1 Å². The van der Waals surface area contributed by atoms with E-state index in [0.717, 1.165) is 39.3 Å². The van der Waals surface area contributed by atoms with Crippen molar-refractivity contribution in [3.05, 3.63) is 71.3 Å². The number of aromatic nitrogens is 2. The van der Waals surface area contributed by atoms with Crippen LogP contribution in [0.1, 0.15) is 60.2 Å². The molecule has 37 heavy (non-hydrogen) atoms. The Kier molecular flexibility index (Phi) is 8.35. The zero-order valence-corrected chi connectivity index (χ0v) is 21.3. The fraction of sp³-hybridized carbons (Fsp3) is 0.429. The highest BCUT2D eigenvalue weighted by Gasteiger charge is 2.37. The van der Waals surface area contributed by atoms with E-state index in [2.05, 4.69) is 50.1 Å². The number of hydrogen-bond acceptors (Lipinski definition) is 8. The number of nitrogens with zero attached hydrogens (tertiary/aromatic N) is 3. The fourth-order valence-corrected chi connectivity index (χ4v) is 5.17. The lowest BCUT2D eigenvalue weighted by molar-refractivity contribution is -0.146. The zero-order valence-electron chi connectivity index (χ0n) is 21.3. The normalized spacial score (nSPS) is 20.4. The number of rotatable bonds is 7. The van der Waals surface area contributed by atoms with E-state index in [1.807, 2.05) is 23.7 Å². The van der Waals surface area contributed by atoms with Crippen LogP contribution in [0, 0.1) is 12.8 Å². The van der Waals surface area contributed by atoms with Gasteiger partial charge >= 0.3 is 11.9 Å². The van der Waals surface area contributed by atoms with Crippen molar-refractivity contribution >= 4 is 17.4 Å². The first-order valence-electron chi connectivity index (χ1n) is 12.7. The number of aromatic hydroxyl groups is 1. The van der Waals surface area contributed by atoms with E-state index >= 15 is 0 Å². The van der Waals surface area contributed by atoms with Gasteiger partial charge in [0.2, 0.25) is 0 Å². The van der Waals surface area contributed by atoms with Crippen molar-refractivity contribution in [1.82, 2.24) is 20.3 Å². The van der Waals surface area contributed by atoms with Gasteiger partial charge in [0, 0.05) is 25.5 Å². The van der Waals surface area contributed by atoms with Crippen LogP contribution in [0.15, 0.2) is 48.6 Å². The summed E-state index contributed by atoms with van der Waals surface area (Å²) in [5.41, 5.74) is 4.28. The van der Waals surface area contributed by atoms with E-state index in [0.29, 0.717) is 30.3 Å².